The molecule has 0 N–H and O–H groups in total. The van der Waals surface area contributed by atoms with E-state index in [9.17, 15) is 4.79 Å². The second-order valence-corrected chi connectivity index (χ2v) is 4.09. The molecule has 0 aliphatic rings. The normalized spacial score (nSPS) is 11.5. The molecular formula is C6H3Cl3O2. The highest BCUT2D eigenvalue weighted by molar-refractivity contribution is 6.66. The molecule has 2 nitrogen and oxygen atoms in total. The summed E-state index contributed by atoms with van der Waals surface area (Å²) in [6.45, 7) is 0. The van der Waals surface area contributed by atoms with Gasteiger partial charge in [0.05, 0.1) is 0 Å². The molecule has 0 amide bonds. The van der Waals surface area contributed by atoms with E-state index in [1.165, 1.54) is 18.2 Å². The van der Waals surface area contributed by atoms with E-state index in [1.807, 2.05) is 0 Å². The molecule has 0 spiro atoms. The van der Waals surface area contributed by atoms with Crippen molar-refractivity contribution in [2.75, 3.05) is 0 Å². The van der Waals surface area contributed by atoms with E-state index in [0.717, 1.165) is 0 Å². The van der Waals surface area contributed by atoms with Crippen molar-refractivity contribution in [2.45, 2.75) is 3.79 Å². The van der Waals surface area contributed by atoms with Crippen molar-refractivity contribution >= 4 is 34.8 Å². The molecule has 0 aromatic carbocycles. The van der Waals surface area contributed by atoms with E-state index in [0.29, 0.717) is 0 Å². The Morgan fingerprint density at radius 2 is 1.91 bits per heavy atom. The van der Waals surface area contributed by atoms with Crippen LogP contribution in [0.2, 0.25) is 0 Å². The van der Waals surface area contributed by atoms with Gasteiger partial charge in [-0.1, -0.05) is 40.9 Å². The van der Waals surface area contributed by atoms with E-state index in [2.05, 4.69) is 4.42 Å². The first kappa shape index (κ1) is 8.91. The molecule has 5 heteroatoms. The van der Waals surface area contributed by atoms with Crippen LogP contribution in [0.3, 0.4) is 0 Å². The Morgan fingerprint density at radius 1 is 1.27 bits per heavy atom. The topological polar surface area (TPSA) is 30.2 Å². The summed E-state index contributed by atoms with van der Waals surface area (Å²) in [7, 11) is 0. The van der Waals surface area contributed by atoms with Crippen LogP contribution >= 0.6 is 34.8 Å². The average Bonchev–Trinajstić information content (AvgIpc) is 1.86. The van der Waals surface area contributed by atoms with Crippen LogP contribution in [0.15, 0.2) is 27.4 Å². The van der Waals surface area contributed by atoms with E-state index in [-0.39, 0.29) is 5.76 Å². The Labute approximate surface area is 77.7 Å². The van der Waals surface area contributed by atoms with Crippen LogP contribution in [0.25, 0.3) is 0 Å². The smallest absolute Gasteiger partial charge is 0.335 e. The molecule has 60 valence electrons. The molecule has 1 aromatic heterocycles. The van der Waals surface area contributed by atoms with Crippen LogP contribution in [0.4, 0.5) is 0 Å². The third-order valence-electron chi connectivity index (χ3n) is 0.970. The lowest BCUT2D eigenvalue weighted by Gasteiger charge is -2.06. The van der Waals surface area contributed by atoms with E-state index in [4.69, 9.17) is 34.8 Å². The molecule has 0 unspecified atom stereocenters. The molecule has 1 rings (SSSR count). The Hall–Kier alpha value is -0.180. The average molecular weight is 213 g/mol. The fraction of sp³-hybridized carbons (Fsp3) is 0.167. The first-order valence-electron chi connectivity index (χ1n) is 2.67. The maximum atomic E-state index is 10.6. The predicted octanol–water partition coefficient (Wildman–Crippen LogP) is 2.47. The van der Waals surface area contributed by atoms with Gasteiger partial charge in [0, 0.05) is 6.07 Å². The Bertz CT molecular complexity index is 299. The lowest BCUT2D eigenvalue weighted by Crippen LogP contribution is -2.05. The van der Waals surface area contributed by atoms with Crippen molar-refractivity contribution in [1.29, 1.82) is 0 Å². The second kappa shape index (κ2) is 3.05. The maximum absolute atomic E-state index is 10.6. The van der Waals surface area contributed by atoms with Gasteiger partial charge in [0.25, 0.3) is 0 Å². The zero-order valence-electron chi connectivity index (χ0n) is 5.18. The van der Waals surface area contributed by atoms with Gasteiger partial charge in [-0.25, -0.2) is 4.79 Å². The standard InChI is InChI=1S/C6H3Cl3O2/c7-6(8,9)4-2-1-3-5(10)11-4/h1-3H. The van der Waals surface area contributed by atoms with E-state index < -0.39 is 9.42 Å². The van der Waals surface area contributed by atoms with Crippen molar-refractivity contribution in [3.8, 4) is 0 Å². The number of hydrogen-bond acceptors (Lipinski definition) is 2. The van der Waals surface area contributed by atoms with Gasteiger partial charge in [0.2, 0.25) is 3.79 Å². The van der Waals surface area contributed by atoms with Crippen LogP contribution in [0.5, 0.6) is 0 Å². The van der Waals surface area contributed by atoms with Gasteiger partial charge in [-0.2, -0.15) is 0 Å². The molecule has 0 aliphatic carbocycles. The van der Waals surface area contributed by atoms with E-state index in [1.54, 1.807) is 0 Å². The fourth-order valence-corrected chi connectivity index (χ4v) is 0.848. The molecule has 1 aromatic rings. The molecule has 11 heavy (non-hydrogen) atoms. The minimum absolute atomic E-state index is 0.0231. The zero-order valence-corrected chi connectivity index (χ0v) is 7.45. The maximum Gasteiger partial charge on any atom is 0.335 e. The van der Waals surface area contributed by atoms with Gasteiger partial charge in [-0.15, -0.1) is 0 Å². The summed E-state index contributed by atoms with van der Waals surface area (Å²) < 4.78 is 2.92. The summed E-state index contributed by atoms with van der Waals surface area (Å²) in [5.74, 6) is 0.0231. The lowest BCUT2D eigenvalue weighted by atomic mass is 10.4. The number of hydrogen-bond donors (Lipinski definition) is 0. The third kappa shape index (κ3) is 2.40. The van der Waals surface area contributed by atoms with Crippen LogP contribution in [-0.4, -0.2) is 0 Å². The fourth-order valence-electron chi connectivity index (χ4n) is 0.543. The largest absolute Gasteiger partial charge is 0.423 e. The molecule has 0 radical (unpaired) electrons. The van der Waals surface area contributed by atoms with Crippen LogP contribution < -0.4 is 5.63 Å². The summed E-state index contributed by atoms with van der Waals surface area (Å²) in [6.07, 6.45) is 0. The SMILES string of the molecule is O=c1cccc(C(Cl)(Cl)Cl)o1. The Morgan fingerprint density at radius 3 is 2.27 bits per heavy atom. The van der Waals surface area contributed by atoms with Crippen LogP contribution in [0.1, 0.15) is 5.76 Å². The summed E-state index contributed by atoms with van der Waals surface area (Å²) in [5.41, 5.74) is -0.533. The second-order valence-electron chi connectivity index (χ2n) is 1.81. The molecule has 0 atom stereocenters. The minimum atomic E-state index is -1.67. The van der Waals surface area contributed by atoms with Crippen molar-refractivity contribution < 1.29 is 4.42 Å². The van der Waals surface area contributed by atoms with Gasteiger partial charge in [0.15, 0.2) is 5.76 Å². The molecule has 1 heterocycles. The van der Waals surface area contributed by atoms with Crippen LogP contribution in [-0.2, 0) is 3.79 Å². The molecule has 0 saturated heterocycles. The van der Waals surface area contributed by atoms with Crippen molar-refractivity contribution in [3.63, 3.8) is 0 Å². The van der Waals surface area contributed by atoms with Crippen molar-refractivity contribution in [3.05, 3.63) is 34.4 Å². The van der Waals surface area contributed by atoms with Crippen molar-refractivity contribution in [2.24, 2.45) is 0 Å². The summed E-state index contributed by atoms with van der Waals surface area (Å²) >= 11 is 16.3. The monoisotopic (exact) mass is 212 g/mol. The van der Waals surface area contributed by atoms with E-state index >= 15 is 0 Å². The summed E-state index contributed by atoms with van der Waals surface area (Å²) in [6, 6.07) is 4.12. The van der Waals surface area contributed by atoms with Crippen molar-refractivity contribution in [1.82, 2.24) is 0 Å². The quantitative estimate of drug-likeness (QED) is 0.620. The molecular weight excluding hydrogens is 210 g/mol. The highest BCUT2D eigenvalue weighted by Gasteiger charge is 2.25. The first-order valence-corrected chi connectivity index (χ1v) is 3.81. The number of alkyl halides is 3. The molecule has 0 aliphatic heterocycles. The van der Waals surface area contributed by atoms with Crippen LogP contribution in [0, 0.1) is 0 Å². The van der Waals surface area contributed by atoms with Gasteiger partial charge < -0.3 is 4.42 Å². The molecule has 0 saturated carbocycles. The first-order chi connectivity index (χ1) is 5.00. The molecule has 0 bridgehead atoms. The highest BCUT2D eigenvalue weighted by Crippen LogP contribution is 2.37. The van der Waals surface area contributed by atoms with Gasteiger partial charge in [-0.05, 0) is 6.07 Å². The Kier molecular flexibility index (Phi) is 2.47. The molecule has 0 fully saturated rings. The van der Waals surface area contributed by atoms with Gasteiger partial charge in [0.1, 0.15) is 0 Å². The predicted molar refractivity (Wildman–Crippen MR) is 44.2 cm³/mol. The zero-order chi connectivity index (χ0) is 8.48. The van der Waals surface area contributed by atoms with Gasteiger partial charge >= 0.3 is 5.63 Å². The van der Waals surface area contributed by atoms with Gasteiger partial charge in [-0.3, -0.25) is 0 Å². The highest BCUT2D eigenvalue weighted by atomic mass is 35.6. The lowest BCUT2D eigenvalue weighted by molar-refractivity contribution is 0.465. The minimum Gasteiger partial charge on any atom is -0.423 e. The summed E-state index contributed by atoms with van der Waals surface area (Å²) in [4.78, 5) is 10.6. The Balaban J connectivity index is 3.16. The summed E-state index contributed by atoms with van der Waals surface area (Å²) in [5, 5.41) is 0. The third-order valence-corrected chi connectivity index (χ3v) is 1.53. The number of rotatable bonds is 0. The number of halogens is 3.